The van der Waals surface area contributed by atoms with Crippen LogP contribution < -0.4 is 10.9 Å². The van der Waals surface area contributed by atoms with E-state index >= 15 is 0 Å². The molecule has 0 aliphatic rings. The number of hydrogen-bond donors (Lipinski definition) is 1. The number of aromatic nitrogens is 2. The molecule has 1 amide bonds. The van der Waals surface area contributed by atoms with Gasteiger partial charge in [-0.15, -0.1) is 0 Å². The molecule has 0 saturated carbocycles. The van der Waals surface area contributed by atoms with Crippen molar-refractivity contribution in [2.24, 2.45) is 0 Å². The summed E-state index contributed by atoms with van der Waals surface area (Å²) < 4.78 is 46.0. The number of methoxy groups -OCH3 is 1. The highest BCUT2D eigenvalue weighted by Gasteiger charge is 2.33. The molecule has 3 rings (SSSR count). The van der Waals surface area contributed by atoms with Gasteiger partial charge in [-0.05, 0) is 31.2 Å². The summed E-state index contributed by atoms with van der Waals surface area (Å²) in [6, 6.07) is 11.2. The molecule has 0 spiro atoms. The third kappa shape index (κ3) is 5.26. The lowest BCUT2D eigenvalue weighted by Gasteiger charge is -2.19. The number of hydrogen-bond acceptors (Lipinski definition) is 5. The number of carbonyl (C=O) groups excluding carboxylic acids is 1. The third-order valence-electron chi connectivity index (χ3n) is 4.46. The Balaban J connectivity index is 1.86. The second-order valence-corrected chi connectivity index (χ2v) is 7.71. The van der Waals surface area contributed by atoms with Crippen LogP contribution in [0.3, 0.4) is 0 Å². The number of amides is 1. The summed E-state index contributed by atoms with van der Waals surface area (Å²) in [5, 5.41) is 3.01. The fourth-order valence-electron chi connectivity index (χ4n) is 3.09. The van der Waals surface area contributed by atoms with Crippen LogP contribution in [0.1, 0.15) is 18.5 Å². The Hall–Kier alpha value is -2.85. The van der Waals surface area contributed by atoms with Crippen molar-refractivity contribution in [2.45, 2.75) is 24.3 Å². The molecule has 0 aliphatic heterocycles. The lowest BCUT2D eigenvalue weighted by molar-refractivity contribution is -0.137. The molecule has 1 unspecified atom stereocenters. The van der Waals surface area contributed by atoms with Crippen LogP contribution >= 0.6 is 11.8 Å². The van der Waals surface area contributed by atoms with Crippen LogP contribution in [0.5, 0.6) is 0 Å². The highest BCUT2D eigenvalue weighted by atomic mass is 32.2. The number of anilines is 1. The smallest absolute Gasteiger partial charge is 0.383 e. The van der Waals surface area contributed by atoms with Crippen LogP contribution in [0.25, 0.3) is 10.9 Å². The molecule has 0 bridgehead atoms. The molecular formula is C21H20F3N3O3S. The monoisotopic (exact) mass is 451 g/mol. The molecule has 1 atom stereocenters. The van der Waals surface area contributed by atoms with Crippen molar-refractivity contribution >= 4 is 34.3 Å². The Labute approximate surface area is 180 Å². The maximum absolute atomic E-state index is 13.1. The average molecular weight is 451 g/mol. The minimum absolute atomic E-state index is 0.226. The highest BCUT2D eigenvalue weighted by molar-refractivity contribution is 7.99. The van der Waals surface area contributed by atoms with Crippen LogP contribution in [-0.2, 0) is 15.7 Å². The molecular weight excluding hydrogens is 431 g/mol. The molecule has 1 N–H and O–H groups in total. The topological polar surface area (TPSA) is 73.2 Å². The molecule has 0 aliphatic carbocycles. The molecule has 3 aromatic rings. The number of carbonyl (C=O) groups is 1. The SMILES string of the molecule is COCC(C)n1c(SCC(=O)Nc2ccccc2C(F)(F)F)nc2ccccc2c1=O. The number of ether oxygens (including phenoxy) is 1. The summed E-state index contributed by atoms with van der Waals surface area (Å²) in [5.74, 6) is -0.869. The maximum atomic E-state index is 13.1. The zero-order valence-corrected chi connectivity index (χ0v) is 17.6. The number of nitrogens with zero attached hydrogens (tertiary/aromatic N) is 2. The number of rotatable bonds is 7. The van der Waals surface area contributed by atoms with Gasteiger partial charge in [-0.25, -0.2) is 4.98 Å². The average Bonchev–Trinajstić information content (AvgIpc) is 2.72. The molecule has 6 nitrogen and oxygen atoms in total. The number of fused-ring (bicyclic) bond motifs is 1. The van der Waals surface area contributed by atoms with E-state index in [0.29, 0.717) is 10.9 Å². The van der Waals surface area contributed by atoms with Crippen molar-refractivity contribution < 1.29 is 22.7 Å². The van der Waals surface area contributed by atoms with Crippen molar-refractivity contribution in [3.63, 3.8) is 0 Å². The zero-order chi connectivity index (χ0) is 22.6. The van der Waals surface area contributed by atoms with Crippen molar-refractivity contribution in [3.05, 3.63) is 64.4 Å². The second-order valence-electron chi connectivity index (χ2n) is 6.77. The van der Waals surface area contributed by atoms with E-state index in [4.69, 9.17) is 4.74 Å². The van der Waals surface area contributed by atoms with Gasteiger partial charge >= 0.3 is 6.18 Å². The van der Waals surface area contributed by atoms with Crippen molar-refractivity contribution in [3.8, 4) is 0 Å². The zero-order valence-electron chi connectivity index (χ0n) is 16.8. The van der Waals surface area contributed by atoms with Crippen molar-refractivity contribution in [1.29, 1.82) is 0 Å². The molecule has 1 aromatic heterocycles. The largest absolute Gasteiger partial charge is 0.418 e. The maximum Gasteiger partial charge on any atom is 0.418 e. The number of nitrogens with one attached hydrogen (secondary N) is 1. The van der Waals surface area contributed by atoms with E-state index in [-0.39, 0.29) is 34.8 Å². The van der Waals surface area contributed by atoms with E-state index in [0.717, 1.165) is 17.8 Å². The Bertz CT molecular complexity index is 1150. The van der Waals surface area contributed by atoms with E-state index in [1.54, 1.807) is 31.2 Å². The first kappa shape index (κ1) is 22.8. The normalized spacial score (nSPS) is 12.7. The summed E-state index contributed by atoms with van der Waals surface area (Å²) >= 11 is 0.974. The van der Waals surface area contributed by atoms with Gasteiger partial charge < -0.3 is 10.1 Å². The van der Waals surface area contributed by atoms with Crippen LogP contribution in [0, 0.1) is 0 Å². The molecule has 0 radical (unpaired) electrons. The van der Waals surface area contributed by atoms with Crippen molar-refractivity contribution in [1.82, 2.24) is 9.55 Å². The van der Waals surface area contributed by atoms with Gasteiger partial charge in [0.25, 0.3) is 5.56 Å². The second kappa shape index (κ2) is 9.52. The fraction of sp³-hybridized carbons (Fsp3) is 0.286. The number of thioether (sulfide) groups is 1. The molecule has 10 heteroatoms. The highest BCUT2D eigenvalue weighted by Crippen LogP contribution is 2.34. The van der Waals surface area contributed by atoms with Gasteiger partial charge in [0.1, 0.15) is 0 Å². The fourth-order valence-corrected chi connectivity index (χ4v) is 3.98. The first-order valence-electron chi connectivity index (χ1n) is 9.31. The van der Waals surface area contributed by atoms with E-state index in [9.17, 15) is 22.8 Å². The number of alkyl halides is 3. The van der Waals surface area contributed by atoms with Gasteiger partial charge in [-0.3, -0.25) is 14.2 Å². The first-order chi connectivity index (χ1) is 14.7. The minimum atomic E-state index is -4.59. The van der Waals surface area contributed by atoms with E-state index in [2.05, 4.69) is 10.3 Å². The van der Waals surface area contributed by atoms with Crippen LogP contribution in [-0.4, -0.2) is 34.9 Å². The van der Waals surface area contributed by atoms with E-state index in [1.165, 1.54) is 29.9 Å². The summed E-state index contributed by atoms with van der Waals surface area (Å²) in [4.78, 5) is 29.9. The summed E-state index contributed by atoms with van der Waals surface area (Å²) in [5.41, 5.74) is -1.06. The minimum Gasteiger partial charge on any atom is -0.383 e. The van der Waals surface area contributed by atoms with Gasteiger partial charge in [0.15, 0.2) is 5.16 Å². The molecule has 31 heavy (non-hydrogen) atoms. The lowest BCUT2D eigenvalue weighted by atomic mass is 10.1. The van der Waals surface area contributed by atoms with E-state index in [1.807, 2.05) is 0 Å². The number of halogens is 3. The van der Waals surface area contributed by atoms with Gasteiger partial charge in [-0.2, -0.15) is 13.2 Å². The number of benzene rings is 2. The summed E-state index contributed by atoms with van der Waals surface area (Å²) in [6.07, 6.45) is -4.59. The van der Waals surface area contributed by atoms with Crippen LogP contribution in [0.4, 0.5) is 18.9 Å². The molecule has 1 heterocycles. The lowest BCUT2D eigenvalue weighted by Crippen LogP contribution is -2.29. The molecule has 0 saturated heterocycles. The Morgan fingerprint density at radius 3 is 2.58 bits per heavy atom. The molecule has 2 aromatic carbocycles. The van der Waals surface area contributed by atoms with Gasteiger partial charge in [0.2, 0.25) is 5.91 Å². The van der Waals surface area contributed by atoms with Crippen LogP contribution in [0.2, 0.25) is 0 Å². The Morgan fingerprint density at radius 2 is 1.87 bits per heavy atom. The molecule has 164 valence electrons. The Morgan fingerprint density at radius 1 is 1.19 bits per heavy atom. The van der Waals surface area contributed by atoms with Crippen LogP contribution in [0.15, 0.2) is 58.5 Å². The summed E-state index contributed by atoms with van der Waals surface area (Å²) in [7, 11) is 1.51. The van der Waals surface area contributed by atoms with Gasteiger partial charge in [-0.1, -0.05) is 36.0 Å². The first-order valence-corrected chi connectivity index (χ1v) is 10.3. The standard InChI is InChI=1S/C21H20F3N3O3S/c1-13(11-30-2)27-19(29)14-7-3-5-9-16(14)26-20(27)31-12-18(28)25-17-10-6-4-8-15(17)21(22,23)24/h3-10,13H,11-12H2,1-2H3,(H,25,28). The molecule has 0 fully saturated rings. The van der Waals surface area contributed by atoms with Gasteiger partial charge in [0, 0.05) is 7.11 Å². The predicted molar refractivity (Wildman–Crippen MR) is 113 cm³/mol. The third-order valence-corrected chi connectivity index (χ3v) is 5.42. The predicted octanol–water partition coefficient (Wildman–Crippen LogP) is 4.35. The summed E-state index contributed by atoms with van der Waals surface area (Å²) in [6.45, 7) is 2.03. The Kier molecular flexibility index (Phi) is 7.01. The number of para-hydroxylation sites is 2. The van der Waals surface area contributed by atoms with Gasteiger partial charge in [0.05, 0.1) is 40.6 Å². The quantitative estimate of drug-likeness (QED) is 0.427. The van der Waals surface area contributed by atoms with E-state index < -0.39 is 17.6 Å². The van der Waals surface area contributed by atoms with Crippen molar-refractivity contribution in [2.75, 3.05) is 24.8 Å².